The molecule has 1 atom stereocenters. The number of carbonyl (C=O) groups excluding carboxylic acids is 1. The average molecular weight is 233 g/mol. The van der Waals surface area contributed by atoms with E-state index in [1.54, 1.807) is 12.4 Å². The molecule has 1 unspecified atom stereocenters. The number of nitrogens with one attached hydrogen (secondary N) is 2. The highest BCUT2D eigenvalue weighted by Gasteiger charge is 2.39. The first kappa shape index (κ1) is 12.0. The van der Waals surface area contributed by atoms with E-state index >= 15 is 0 Å². The Hall–Kier alpha value is -1.42. The van der Waals surface area contributed by atoms with E-state index in [1.165, 1.54) is 0 Å². The molecule has 0 spiro atoms. The molecule has 1 aromatic heterocycles. The quantitative estimate of drug-likeness (QED) is 0.835. The maximum Gasteiger partial charge on any atom is 0.231 e. The zero-order valence-electron chi connectivity index (χ0n) is 10.4. The molecule has 17 heavy (non-hydrogen) atoms. The number of hydrogen-bond donors (Lipinski definition) is 2. The first-order valence-corrected chi connectivity index (χ1v) is 6.11. The van der Waals surface area contributed by atoms with Gasteiger partial charge in [0.2, 0.25) is 5.91 Å². The third kappa shape index (κ3) is 2.31. The molecule has 0 aliphatic carbocycles. The summed E-state index contributed by atoms with van der Waals surface area (Å²) in [5, 5.41) is 6.27. The summed E-state index contributed by atoms with van der Waals surface area (Å²) in [6.07, 6.45) is 5.22. The van der Waals surface area contributed by atoms with Gasteiger partial charge in [-0.05, 0) is 37.9 Å². The lowest BCUT2D eigenvalue weighted by molar-refractivity contribution is -0.124. The van der Waals surface area contributed by atoms with E-state index in [0.29, 0.717) is 0 Å². The minimum atomic E-state index is -0.248. The van der Waals surface area contributed by atoms with Crippen LogP contribution in [-0.2, 0) is 4.79 Å². The second-order valence-electron chi connectivity index (χ2n) is 4.71. The third-order valence-corrected chi connectivity index (χ3v) is 3.69. The first-order chi connectivity index (χ1) is 8.18. The Morgan fingerprint density at radius 2 is 2.47 bits per heavy atom. The standard InChI is InChI=1S/C13H19N3O/c1-3-13(5-7-15-9-13)12(17)16-11-8-14-6-4-10(11)2/h4,6,8,15H,3,5,7,9H2,1-2H3,(H,16,17). The number of anilines is 1. The Bertz CT molecular complexity index is 411. The molecule has 0 bridgehead atoms. The second kappa shape index (κ2) is 4.84. The monoisotopic (exact) mass is 233 g/mol. The molecular formula is C13H19N3O. The lowest BCUT2D eigenvalue weighted by Gasteiger charge is -2.25. The van der Waals surface area contributed by atoms with Gasteiger partial charge in [0, 0.05) is 12.7 Å². The van der Waals surface area contributed by atoms with E-state index < -0.39 is 0 Å². The SMILES string of the molecule is CCC1(C(=O)Nc2cnccc2C)CCNC1. The summed E-state index contributed by atoms with van der Waals surface area (Å²) in [6.45, 7) is 5.74. The minimum absolute atomic E-state index is 0.112. The largest absolute Gasteiger partial charge is 0.324 e. The summed E-state index contributed by atoms with van der Waals surface area (Å²) < 4.78 is 0. The van der Waals surface area contributed by atoms with Crippen molar-refractivity contribution in [3.63, 3.8) is 0 Å². The van der Waals surface area contributed by atoms with Gasteiger partial charge in [-0.25, -0.2) is 0 Å². The summed E-state index contributed by atoms with van der Waals surface area (Å²) >= 11 is 0. The second-order valence-corrected chi connectivity index (χ2v) is 4.71. The molecule has 0 saturated carbocycles. The molecule has 1 amide bonds. The van der Waals surface area contributed by atoms with Crippen molar-refractivity contribution in [2.75, 3.05) is 18.4 Å². The zero-order chi connectivity index (χ0) is 12.3. The van der Waals surface area contributed by atoms with Gasteiger partial charge in [-0.2, -0.15) is 0 Å². The van der Waals surface area contributed by atoms with Gasteiger partial charge in [0.1, 0.15) is 0 Å². The highest BCUT2D eigenvalue weighted by molar-refractivity contribution is 5.96. The molecule has 4 heteroatoms. The lowest BCUT2D eigenvalue weighted by atomic mass is 9.83. The molecule has 2 heterocycles. The van der Waals surface area contributed by atoms with Crippen molar-refractivity contribution in [1.29, 1.82) is 0 Å². The molecule has 0 radical (unpaired) electrons. The molecule has 1 fully saturated rings. The van der Waals surface area contributed by atoms with Crippen LogP contribution in [0.4, 0.5) is 5.69 Å². The molecule has 0 aromatic carbocycles. The summed E-state index contributed by atoms with van der Waals surface area (Å²) in [5.41, 5.74) is 1.62. The number of amides is 1. The van der Waals surface area contributed by atoms with Crippen LogP contribution in [0, 0.1) is 12.3 Å². The maximum atomic E-state index is 12.3. The van der Waals surface area contributed by atoms with Crippen LogP contribution >= 0.6 is 0 Å². The lowest BCUT2D eigenvalue weighted by Crippen LogP contribution is -2.37. The van der Waals surface area contributed by atoms with Gasteiger partial charge in [-0.3, -0.25) is 9.78 Å². The fraction of sp³-hybridized carbons (Fsp3) is 0.538. The highest BCUT2D eigenvalue weighted by atomic mass is 16.2. The van der Waals surface area contributed by atoms with Crippen molar-refractivity contribution in [3.05, 3.63) is 24.0 Å². The van der Waals surface area contributed by atoms with Gasteiger partial charge in [-0.15, -0.1) is 0 Å². The minimum Gasteiger partial charge on any atom is -0.324 e. The first-order valence-electron chi connectivity index (χ1n) is 6.11. The van der Waals surface area contributed by atoms with E-state index in [-0.39, 0.29) is 11.3 Å². The Kier molecular flexibility index (Phi) is 3.43. The maximum absolute atomic E-state index is 12.3. The smallest absolute Gasteiger partial charge is 0.231 e. The summed E-state index contributed by atoms with van der Waals surface area (Å²) in [6, 6.07) is 1.90. The van der Waals surface area contributed by atoms with Crippen molar-refractivity contribution < 1.29 is 4.79 Å². The molecule has 92 valence electrons. The molecule has 4 nitrogen and oxygen atoms in total. The Balaban J connectivity index is 2.14. The van der Waals surface area contributed by atoms with Crippen LogP contribution in [0.15, 0.2) is 18.5 Å². The summed E-state index contributed by atoms with van der Waals surface area (Å²) in [7, 11) is 0. The van der Waals surface area contributed by atoms with E-state index in [0.717, 1.165) is 37.2 Å². The summed E-state index contributed by atoms with van der Waals surface area (Å²) in [4.78, 5) is 16.4. The van der Waals surface area contributed by atoms with Crippen LogP contribution in [0.5, 0.6) is 0 Å². The van der Waals surface area contributed by atoms with Gasteiger partial charge in [0.15, 0.2) is 0 Å². The van der Waals surface area contributed by atoms with Gasteiger partial charge in [0.05, 0.1) is 17.3 Å². The van der Waals surface area contributed by atoms with Crippen molar-refractivity contribution >= 4 is 11.6 Å². The van der Waals surface area contributed by atoms with E-state index in [2.05, 4.69) is 22.5 Å². The number of aromatic nitrogens is 1. The average Bonchev–Trinajstić information content (AvgIpc) is 2.82. The predicted octanol–water partition coefficient (Wildman–Crippen LogP) is 1.72. The molecule has 1 aliphatic rings. The number of carbonyl (C=O) groups is 1. The van der Waals surface area contributed by atoms with Gasteiger partial charge in [0.25, 0.3) is 0 Å². The van der Waals surface area contributed by atoms with Crippen LogP contribution in [0.2, 0.25) is 0 Å². The molecule has 1 saturated heterocycles. The molecule has 2 N–H and O–H groups in total. The van der Waals surface area contributed by atoms with Crippen LogP contribution in [0.3, 0.4) is 0 Å². The van der Waals surface area contributed by atoms with Gasteiger partial charge in [-0.1, -0.05) is 6.92 Å². The molecule has 2 rings (SSSR count). The number of rotatable bonds is 3. The predicted molar refractivity (Wildman–Crippen MR) is 67.8 cm³/mol. The normalized spacial score (nSPS) is 23.6. The molecule has 1 aromatic rings. The number of pyridine rings is 1. The van der Waals surface area contributed by atoms with Crippen LogP contribution < -0.4 is 10.6 Å². The fourth-order valence-electron chi connectivity index (χ4n) is 2.25. The number of aryl methyl sites for hydroxylation is 1. The summed E-state index contributed by atoms with van der Waals surface area (Å²) in [5.74, 6) is 0.112. The van der Waals surface area contributed by atoms with Crippen molar-refractivity contribution in [2.45, 2.75) is 26.7 Å². The number of hydrogen-bond acceptors (Lipinski definition) is 3. The number of nitrogens with zero attached hydrogens (tertiary/aromatic N) is 1. The Labute approximate surface area is 102 Å². The van der Waals surface area contributed by atoms with Crippen LogP contribution in [0.1, 0.15) is 25.3 Å². The Morgan fingerprint density at radius 1 is 1.65 bits per heavy atom. The van der Waals surface area contributed by atoms with Crippen LogP contribution in [-0.4, -0.2) is 24.0 Å². The third-order valence-electron chi connectivity index (χ3n) is 3.69. The molecule has 1 aliphatic heterocycles. The van der Waals surface area contributed by atoms with Crippen LogP contribution in [0.25, 0.3) is 0 Å². The topological polar surface area (TPSA) is 54.0 Å². The highest BCUT2D eigenvalue weighted by Crippen LogP contribution is 2.31. The molecular weight excluding hydrogens is 214 g/mol. The van der Waals surface area contributed by atoms with Crippen molar-refractivity contribution in [2.24, 2.45) is 5.41 Å². The zero-order valence-corrected chi connectivity index (χ0v) is 10.4. The van der Waals surface area contributed by atoms with Gasteiger partial charge >= 0.3 is 0 Å². The van der Waals surface area contributed by atoms with Crippen molar-refractivity contribution in [3.8, 4) is 0 Å². The van der Waals surface area contributed by atoms with Crippen molar-refractivity contribution in [1.82, 2.24) is 10.3 Å². The van der Waals surface area contributed by atoms with E-state index in [4.69, 9.17) is 0 Å². The van der Waals surface area contributed by atoms with Gasteiger partial charge < -0.3 is 10.6 Å². The Morgan fingerprint density at radius 3 is 3.06 bits per heavy atom. The fourth-order valence-corrected chi connectivity index (χ4v) is 2.25. The van der Waals surface area contributed by atoms with E-state index in [1.807, 2.05) is 13.0 Å². The van der Waals surface area contributed by atoms with E-state index in [9.17, 15) is 4.79 Å².